The number of fused-ring (bicyclic) bond motifs is 1. The summed E-state index contributed by atoms with van der Waals surface area (Å²) >= 11 is 0. The number of piperazine rings is 1. The molecule has 0 atom stereocenters. The summed E-state index contributed by atoms with van der Waals surface area (Å²) in [4.78, 5) is 25.0. The highest BCUT2D eigenvalue weighted by Gasteiger charge is 2.12. The largest absolute Gasteiger partial charge is 0.481 e. The first-order valence-corrected chi connectivity index (χ1v) is 7.46. The summed E-state index contributed by atoms with van der Waals surface area (Å²) in [5.74, 6) is -0.902. The number of aromatic nitrogens is 1. The van der Waals surface area contributed by atoms with E-state index in [1.54, 1.807) is 6.07 Å². The van der Waals surface area contributed by atoms with Crippen LogP contribution >= 0.6 is 0 Å². The molecule has 1 aromatic heterocycles. The summed E-state index contributed by atoms with van der Waals surface area (Å²) in [5, 5.41) is 13.1. The number of nitrogens with one attached hydrogen (secondary N) is 1. The molecule has 2 heterocycles. The lowest BCUT2D eigenvalue weighted by Gasteiger charge is -2.29. The second-order valence-electron chi connectivity index (χ2n) is 5.45. The van der Waals surface area contributed by atoms with Crippen molar-refractivity contribution in [2.75, 3.05) is 31.1 Å². The molecule has 1 saturated heterocycles. The third kappa shape index (κ3) is 2.96. The number of hydrogen-bond acceptors (Lipinski definition) is 4. The molecule has 0 amide bonds. The minimum atomic E-state index is -0.902. The number of aryl methyl sites for hydroxylation is 1. The number of hydrogen-bond donors (Lipinski definition) is 2. The van der Waals surface area contributed by atoms with Gasteiger partial charge in [0.25, 0.3) is 5.56 Å². The molecule has 0 radical (unpaired) electrons. The van der Waals surface area contributed by atoms with Crippen LogP contribution in [0.2, 0.25) is 0 Å². The van der Waals surface area contributed by atoms with Crippen molar-refractivity contribution in [3.05, 3.63) is 40.7 Å². The zero-order valence-corrected chi connectivity index (χ0v) is 12.3. The molecule has 0 bridgehead atoms. The molecular formula is C16H19N3O3. The highest BCUT2D eigenvalue weighted by atomic mass is 16.4. The highest BCUT2D eigenvalue weighted by Crippen LogP contribution is 2.21. The van der Waals surface area contributed by atoms with Crippen molar-refractivity contribution in [3.8, 4) is 0 Å². The standard InChI is InChI=1S/C16H19N3O3/c20-15-4-1-12-11-13(18-9-6-17-7-10-18)2-3-14(12)19(15)8-5-16(21)22/h1-4,11,17H,5-10H2,(H,21,22). The van der Waals surface area contributed by atoms with E-state index in [-0.39, 0.29) is 18.5 Å². The Balaban J connectivity index is 1.97. The van der Waals surface area contributed by atoms with Gasteiger partial charge in [0.2, 0.25) is 0 Å². The molecule has 6 heteroatoms. The van der Waals surface area contributed by atoms with Crippen LogP contribution in [0.1, 0.15) is 6.42 Å². The fourth-order valence-corrected chi connectivity index (χ4v) is 2.85. The third-order valence-electron chi connectivity index (χ3n) is 4.00. The van der Waals surface area contributed by atoms with Crippen LogP contribution in [0.4, 0.5) is 5.69 Å². The van der Waals surface area contributed by atoms with E-state index in [2.05, 4.69) is 16.3 Å². The average molecular weight is 301 g/mol. The lowest BCUT2D eigenvalue weighted by atomic mass is 10.1. The van der Waals surface area contributed by atoms with Gasteiger partial charge in [-0.2, -0.15) is 0 Å². The molecule has 0 spiro atoms. The van der Waals surface area contributed by atoms with Crippen LogP contribution < -0.4 is 15.8 Å². The van der Waals surface area contributed by atoms with Crippen molar-refractivity contribution in [3.63, 3.8) is 0 Å². The van der Waals surface area contributed by atoms with Crippen molar-refractivity contribution in [2.45, 2.75) is 13.0 Å². The van der Waals surface area contributed by atoms with Gasteiger partial charge in [-0.15, -0.1) is 0 Å². The zero-order chi connectivity index (χ0) is 15.5. The minimum absolute atomic E-state index is 0.0570. The van der Waals surface area contributed by atoms with Crippen LogP contribution in [-0.4, -0.2) is 41.8 Å². The molecule has 1 fully saturated rings. The number of pyridine rings is 1. The maximum atomic E-state index is 12.0. The first-order chi connectivity index (χ1) is 10.6. The molecule has 0 unspecified atom stereocenters. The molecule has 2 aromatic rings. The molecule has 22 heavy (non-hydrogen) atoms. The van der Waals surface area contributed by atoms with Gasteiger partial charge in [-0.3, -0.25) is 9.59 Å². The van der Waals surface area contributed by atoms with Gasteiger partial charge in [-0.25, -0.2) is 0 Å². The first-order valence-electron chi connectivity index (χ1n) is 7.46. The Morgan fingerprint density at radius 1 is 1.18 bits per heavy atom. The smallest absolute Gasteiger partial charge is 0.305 e. The van der Waals surface area contributed by atoms with Gasteiger partial charge < -0.3 is 19.9 Å². The monoisotopic (exact) mass is 301 g/mol. The van der Waals surface area contributed by atoms with E-state index >= 15 is 0 Å². The van der Waals surface area contributed by atoms with Crippen LogP contribution in [0.15, 0.2) is 35.1 Å². The summed E-state index contributed by atoms with van der Waals surface area (Å²) in [6.45, 7) is 4.05. The van der Waals surface area contributed by atoms with Crippen LogP contribution in [0.25, 0.3) is 10.9 Å². The Kier molecular flexibility index (Phi) is 4.11. The minimum Gasteiger partial charge on any atom is -0.481 e. The third-order valence-corrected chi connectivity index (χ3v) is 4.00. The fourth-order valence-electron chi connectivity index (χ4n) is 2.85. The number of nitrogens with zero attached hydrogens (tertiary/aromatic N) is 2. The van der Waals surface area contributed by atoms with E-state index in [0.717, 1.165) is 42.8 Å². The molecule has 1 aliphatic rings. The van der Waals surface area contributed by atoms with Crippen molar-refractivity contribution in [1.29, 1.82) is 0 Å². The molecule has 1 aromatic carbocycles. The Hall–Kier alpha value is -2.34. The maximum absolute atomic E-state index is 12.0. The van der Waals surface area contributed by atoms with Gasteiger partial charge in [0, 0.05) is 49.9 Å². The number of benzene rings is 1. The number of carbonyl (C=O) groups is 1. The summed E-state index contributed by atoms with van der Waals surface area (Å²) in [6, 6.07) is 9.30. The molecule has 3 rings (SSSR count). The zero-order valence-electron chi connectivity index (χ0n) is 12.3. The fraction of sp³-hybridized carbons (Fsp3) is 0.375. The molecule has 116 valence electrons. The van der Waals surface area contributed by atoms with Crippen molar-refractivity contribution >= 4 is 22.6 Å². The SMILES string of the molecule is O=C(O)CCn1c(=O)ccc2cc(N3CCNCC3)ccc21. The average Bonchev–Trinajstić information content (AvgIpc) is 2.54. The van der Waals surface area contributed by atoms with Gasteiger partial charge >= 0.3 is 5.97 Å². The predicted octanol–water partition coefficient (Wildman–Crippen LogP) is 0.886. The van der Waals surface area contributed by atoms with Gasteiger partial charge in [0.1, 0.15) is 0 Å². The maximum Gasteiger partial charge on any atom is 0.305 e. The molecule has 1 aliphatic heterocycles. The second-order valence-corrected chi connectivity index (χ2v) is 5.45. The predicted molar refractivity (Wildman–Crippen MR) is 85.5 cm³/mol. The Morgan fingerprint density at radius 2 is 1.95 bits per heavy atom. The van der Waals surface area contributed by atoms with E-state index in [1.165, 1.54) is 10.6 Å². The molecule has 2 N–H and O–H groups in total. The topological polar surface area (TPSA) is 74.6 Å². The first kappa shape index (κ1) is 14.6. The number of rotatable bonds is 4. The molecule has 0 aliphatic carbocycles. The summed E-state index contributed by atoms with van der Waals surface area (Å²) < 4.78 is 1.53. The molecule has 6 nitrogen and oxygen atoms in total. The van der Waals surface area contributed by atoms with E-state index in [1.807, 2.05) is 12.1 Å². The Morgan fingerprint density at radius 3 is 2.68 bits per heavy atom. The summed E-state index contributed by atoms with van der Waals surface area (Å²) in [5.41, 5.74) is 1.76. The van der Waals surface area contributed by atoms with Crippen LogP contribution in [0.5, 0.6) is 0 Å². The van der Waals surface area contributed by atoms with Crippen molar-refractivity contribution < 1.29 is 9.90 Å². The van der Waals surface area contributed by atoms with Gasteiger partial charge in [-0.1, -0.05) is 0 Å². The summed E-state index contributed by atoms with van der Waals surface area (Å²) in [6.07, 6.45) is -0.0570. The normalized spacial score (nSPS) is 15.2. The van der Waals surface area contributed by atoms with Gasteiger partial charge in [0.05, 0.1) is 11.9 Å². The van der Waals surface area contributed by atoms with Crippen LogP contribution in [0, 0.1) is 0 Å². The van der Waals surface area contributed by atoms with Crippen molar-refractivity contribution in [1.82, 2.24) is 9.88 Å². The van der Waals surface area contributed by atoms with Crippen LogP contribution in [-0.2, 0) is 11.3 Å². The molecule has 0 saturated carbocycles. The van der Waals surface area contributed by atoms with E-state index in [0.29, 0.717) is 0 Å². The summed E-state index contributed by atoms with van der Waals surface area (Å²) in [7, 11) is 0. The number of aliphatic carboxylic acids is 1. The number of carboxylic acids is 1. The van der Waals surface area contributed by atoms with E-state index < -0.39 is 5.97 Å². The van der Waals surface area contributed by atoms with E-state index in [9.17, 15) is 9.59 Å². The lowest BCUT2D eigenvalue weighted by Crippen LogP contribution is -2.43. The molecular weight excluding hydrogens is 282 g/mol. The Labute approximate surface area is 128 Å². The second kappa shape index (κ2) is 6.19. The van der Waals surface area contributed by atoms with Crippen LogP contribution in [0.3, 0.4) is 0 Å². The Bertz CT molecular complexity index is 748. The van der Waals surface area contributed by atoms with Crippen molar-refractivity contribution in [2.24, 2.45) is 0 Å². The lowest BCUT2D eigenvalue weighted by molar-refractivity contribution is -0.137. The van der Waals surface area contributed by atoms with Gasteiger partial charge in [0.15, 0.2) is 0 Å². The number of carboxylic acid groups (broad SMARTS) is 1. The number of anilines is 1. The quantitative estimate of drug-likeness (QED) is 0.877. The van der Waals surface area contributed by atoms with Gasteiger partial charge in [-0.05, 0) is 24.3 Å². The van der Waals surface area contributed by atoms with E-state index in [4.69, 9.17) is 5.11 Å². The highest BCUT2D eigenvalue weighted by molar-refractivity contribution is 5.83.